The number of halogens is 2. The van der Waals surface area contributed by atoms with Crippen molar-refractivity contribution in [3.05, 3.63) is 60.5 Å². The van der Waals surface area contributed by atoms with Gasteiger partial charge in [0.05, 0.1) is 6.26 Å². The summed E-state index contributed by atoms with van der Waals surface area (Å²) in [6.07, 6.45) is 3.16. The maximum absolute atomic E-state index is 13.9. The van der Waals surface area contributed by atoms with Gasteiger partial charge in [0.2, 0.25) is 16.0 Å². The summed E-state index contributed by atoms with van der Waals surface area (Å²) >= 11 is 0. The van der Waals surface area contributed by atoms with Crippen molar-refractivity contribution in [2.75, 3.05) is 31.1 Å². The molecule has 4 rings (SSSR count). The molecule has 2 aromatic heterocycles. The molecule has 1 fully saturated rings. The van der Waals surface area contributed by atoms with Crippen LogP contribution in [-0.4, -0.2) is 48.9 Å². The first-order chi connectivity index (χ1) is 13.4. The van der Waals surface area contributed by atoms with Crippen LogP contribution in [0, 0.1) is 11.6 Å². The molecule has 1 aliphatic rings. The first kappa shape index (κ1) is 18.5. The van der Waals surface area contributed by atoms with Gasteiger partial charge in [0, 0.05) is 38.4 Å². The number of piperazine rings is 1. The van der Waals surface area contributed by atoms with E-state index in [0.29, 0.717) is 36.6 Å². The highest BCUT2D eigenvalue weighted by Gasteiger charge is 2.31. The Balaban J connectivity index is 1.50. The summed E-state index contributed by atoms with van der Waals surface area (Å²) in [4.78, 5) is 10.0. The number of benzene rings is 1. The Bertz CT molecular complexity index is 1080. The lowest BCUT2D eigenvalue weighted by molar-refractivity contribution is 0.380. The van der Waals surface area contributed by atoms with Crippen molar-refractivity contribution in [3.8, 4) is 11.5 Å². The van der Waals surface area contributed by atoms with E-state index < -0.39 is 26.6 Å². The molecule has 1 aromatic carbocycles. The average molecular weight is 406 g/mol. The van der Waals surface area contributed by atoms with Crippen LogP contribution in [-0.2, 0) is 10.0 Å². The number of hydrogen-bond donors (Lipinski definition) is 0. The standard InChI is InChI=1S/C18H16F2N4O3S/c19-13-3-4-17(14(20)12-13)28(25,26)24-9-7-23(8-10-24)18-21-6-5-15(22-18)16-2-1-11-27-16/h1-6,11-12H,7-10H2. The van der Waals surface area contributed by atoms with Gasteiger partial charge in [-0.1, -0.05) is 0 Å². The number of furan rings is 1. The van der Waals surface area contributed by atoms with Crippen LogP contribution in [0.3, 0.4) is 0 Å². The topological polar surface area (TPSA) is 79.5 Å². The van der Waals surface area contributed by atoms with Crippen molar-refractivity contribution in [2.45, 2.75) is 4.90 Å². The zero-order valence-electron chi connectivity index (χ0n) is 14.6. The minimum atomic E-state index is -4.05. The normalized spacial score (nSPS) is 15.7. The second kappa shape index (κ2) is 7.28. The fourth-order valence-corrected chi connectivity index (χ4v) is 4.48. The Morgan fingerprint density at radius 1 is 1.04 bits per heavy atom. The molecule has 28 heavy (non-hydrogen) atoms. The lowest BCUT2D eigenvalue weighted by Crippen LogP contribution is -2.49. The molecule has 0 radical (unpaired) electrons. The molecular formula is C18H16F2N4O3S. The monoisotopic (exact) mass is 406 g/mol. The van der Waals surface area contributed by atoms with Crippen LogP contribution >= 0.6 is 0 Å². The zero-order chi connectivity index (χ0) is 19.7. The summed E-state index contributed by atoms with van der Waals surface area (Å²) in [5.41, 5.74) is 0.624. The Hall–Kier alpha value is -2.85. The first-order valence-electron chi connectivity index (χ1n) is 8.52. The summed E-state index contributed by atoms with van der Waals surface area (Å²) in [5.74, 6) is -0.859. The summed E-state index contributed by atoms with van der Waals surface area (Å²) < 4.78 is 58.9. The van der Waals surface area contributed by atoms with Gasteiger partial charge < -0.3 is 9.32 Å². The number of rotatable bonds is 4. The Labute approximate surface area is 160 Å². The van der Waals surface area contributed by atoms with Gasteiger partial charge in [-0.2, -0.15) is 4.31 Å². The van der Waals surface area contributed by atoms with E-state index in [4.69, 9.17) is 4.42 Å². The summed E-state index contributed by atoms with van der Waals surface area (Å²) in [7, 11) is -4.05. The lowest BCUT2D eigenvalue weighted by atomic mass is 10.3. The van der Waals surface area contributed by atoms with Crippen LogP contribution in [0.25, 0.3) is 11.5 Å². The highest BCUT2D eigenvalue weighted by Crippen LogP contribution is 2.23. The largest absolute Gasteiger partial charge is 0.463 e. The van der Waals surface area contributed by atoms with Crippen LogP contribution in [0.4, 0.5) is 14.7 Å². The molecule has 1 saturated heterocycles. The van der Waals surface area contributed by atoms with Gasteiger partial charge in [-0.25, -0.2) is 27.2 Å². The van der Waals surface area contributed by atoms with E-state index in [9.17, 15) is 17.2 Å². The second-order valence-corrected chi connectivity index (χ2v) is 8.09. The molecule has 0 bridgehead atoms. The highest BCUT2D eigenvalue weighted by atomic mass is 32.2. The zero-order valence-corrected chi connectivity index (χ0v) is 15.4. The minimum absolute atomic E-state index is 0.132. The van der Waals surface area contributed by atoms with Gasteiger partial charge in [0.1, 0.15) is 22.2 Å². The van der Waals surface area contributed by atoms with Crippen molar-refractivity contribution < 1.29 is 21.6 Å². The summed E-state index contributed by atoms with van der Waals surface area (Å²) in [6, 6.07) is 7.71. The Morgan fingerprint density at radius 3 is 2.50 bits per heavy atom. The van der Waals surface area contributed by atoms with Gasteiger partial charge in [0.15, 0.2) is 5.76 Å². The van der Waals surface area contributed by atoms with Crippen LogP contribution in [0.2, 0.25) is 0 Å². The van der Waals surface area contributed by atoms with Gasteiger partial charge >= 0.3 is 0 Å². The molecule has 146 valence electrons. The Morgan fingerprint density at radius 2 is 1.82 bits per heavy atom. The smallest absolute Gasteiger partial charge is 0.246 e. The van der Waals surface area contributed by atoms with Crippen LogP contribution in [0.1, 0.15) is 0 Å². The van der Waals surface area contributed by atoms with Crippen LogP contribution in [0.5, 0.6) is 0 Å². The molecule has 0 amide bonds. The molecule has 3 heterocycles. The van der Waals surface area contributed by atoms with E-state index in [0.717, 1.165) is 12.1 Å². The number of nitrogens with zero attached hydrogens (tertiary/aromatic N) is 4. The second-order valence-electron chi connectivity index (χ2n) is 6.19. The van der Waals surface area contributed by atoms with E-state index in [1.54, 1.807) is 30.7 Å². The van der Waals surface area contributed by atoms with E-state index in [1.165, 1.54) is 4.31 Å². The quantitative estimate of drug-likeness (QED) is 0.663. The lowest BCUT2D eigenvalue weighted by Gasteiger charge is -2.34. The van der Waals surface area contributed by atoms with Crippen molar-refractivity contribution in [1.82, 2.24) is 14.3 Å². The van der Waals surface area contributed by atoms with Crippen molar-refractivity contribution >= 4 is 16.0 Å². The fourth-order valence-electron chi connectivity index (χ4n) is 3.01. The van der Waals surface area contributed by atoms with Gasteiger partial charge in [0.25, 0.3) is 0 Å². The predicted octanol–water partition coefficient (Wildman–Crippen LogP) is 2.53. The molecular weight excluding hydrogens is 390 g/mol. The molecule has 0 N–H and O–H groups in total. The van der Waals surface area contributed by atoms with Gasteiger partial charge in [-0.15, -0.1) is 0 Å². The molecule has 0 saturated carbocycles. The predicted molar refractivity (Wildman–Crippen MR) is 97.1 cm³/mol. The number of sulfonamides is 1. The molecule has 7 nitrogen and oxygen atoms in total. The molecule has 0 unspecified atom stereocenters. The molecule has 3 aromatic rings. The van der Waals surface area contributed by atoms with E-state index in [2.05, 4.69) is 9.97 Å². The maximum atomic E-state index is 13.9. The number of hydrogen-bond acceptors (Lipinski definition) is 6. The maximum Gasteiger partial charge on any atom is 0.246 e. The molecule has 0 atom stereocenters. The summed E-state index contributed by atoms with van der Waals surface area (Å²) in [5, 5.41) is 0. The van der Waals surface area contributed by atoms with E-state index >= 15 is 0 Å². The van der Waals surface area contributed by atoms with Crippen molar-refractivity contribution in [1.29, 1.82) is 0 Å². The van der Waals surface area contributed by atoms with Crippen LogP contribution < -0.4 is 4.90 Å². The SMILES string of the molecule is O=S(=O)(c1ccc(F)cc1F)N1CCN(c2nccc(-c3ccco3)n2)CC1. The average Bonchev–Trinajstić information content (AvgIpc) is 3.23. The summed E-state index contributed by atoms with van der Waals surface area (Å²) in [6.45, 7) is 0.939. The molecule has 0 aliphatic carbocycles. The van der Waals surface area contributed by atoms with Crippen LogP contribution in [0.15, 0.2) is 58.2 Å². The molecule has 0 spiro atoms. The van der Waals surface area contributed by atoms with Crippen molar-refractivity contribution in [2.24, 2.45) is 0 Å². The van der Waals surface area contributed by atoms with Gasteiger partial charge in [-0.05, 0) is 30.3 Å². The number of aromatic nitrogens is 2. The van der Waals surface area contributed by atoms with Gasteiger partial charge in [-0.3, -0.25) is 0 Å². The molecule has 1 aliphatic heterocycles. The molecule has 10 heteroatoms. The highest BCUT2D eigenvalue weighted by molar-refractivity contribution is 7.89. The van der Waals surface area contributed by atoms with E-state index in [1.807, 2.05) is 4.90 Å². The number of anilines is 1. The third kappa shape index (κ3) is 3.48. The Kier molecular flexibility index (Phi) is 4.82. The fraction of sp³-hybridized carbons (Fsp3) is 0.222. The first-order valence-corrected chi connectivity index (χ1v) is 9.96. The van der Waals surface area contributed by atoms with E-state index in [-0.39, 0.29) is 13.1 Å². The van der Waals surface area contributed by atoms with Crippen molar-refractivity contribution in [3.63, 3.8) is 0 Å². The third-order valence-corrected chi connectivity index (χ3v) is 6.38. The third-order valence-electron chi connectivity index (χ3n) is 4.45. The minimum Gasteiger partial charge on any atom is -0.463 e.